The van der Waals surface area contributed by atoms with Crippen molar-refractivity contribution in [2.75, 3.05) is 36.9 Å². The van der Waals surface area contributed by atoms with Crippen LogP contribution in [0.5, 0.6) is 0 Å². The molecular weight excluding hydrogens is 344 g/mol. The zero-order chi connectivity index (χ0) is 19.2. The molecule has 0 aliphatic carbocycles. The summed E-state index contributed by atoms with van der Waals surface area (Å²) in [5.41, 5.74) is 7.79. The van der Waals surface area contributed by atoms with E-state index in [0.29, 0.717) is 11.8 Å². The van der Waals surface area contributed by atoms with Crippen LogP contribution in [0, 0.1) is 0 Å². The number of anilines is 3. The van der Waals surface area contributed by atoms with Gasteiger partial charge in [-0.05, 0) is 31.5 Å². The third kappa shape index (κ3) is 5.38. The van der Waals surface area contributed by atoms with E-state index in [0.717, 1.165) is 38.5 Å². The molecule has 8 heteroatoms. The largest absolute Gasteiger partial charge is 0.379 e. The number of nitrogens with one attached hydrogen (secondary N) is 2. The summed E-state index contributed by atoms with van der Waals surface area (Å²) in [6.07, 6.45) is 1.44. The lowest BCUT2D eigenvalue weighted by atomic mass is 10.2. The van der Waals surface area contributed by atoms with Gasteiger partial charge in [-0.15, -0.1) is 0 Å². The number of carbonyl (C=O) groups excluding carboxylic acids is 1. The number of morpholine rings is 1. The third-order valence-electron chi connectivity index (χ3n) is 4.20. The SMILES string of the molecule is CC(C)Nc1nc(Nc2ccc(CN3CCOCC3)cc2)ncc1C(N)=O. The zero-order valence-electron chi connectivity index (χ0n) is 15.7. The number of hydrogen-bond acceptors (Lipinski definition) is 7. The fourth-order valence-corrected chi connectivity index (χ4v) is 2.85. The van der Waals surface area contributed by atoms with Gasteiger partial charge in [0.05, 0.1) is 18.8 Å². The molecule has 1 amide bonds. The summed E-state index contributed by atoms with van der Waals surface area (Å²) in [5.74, 6) is 0.278. The number of nitrogens with zero attached hydrogens (tertiary/aromatic N) is 3. The average Bonchev–Trinajstić information content (AvgIpc) is 2.64. The molecule has 1 aliphatic rings. The van der Waals surface area contributed by atoms with E-state index in [9.17, 15) is 4.79 Å². The highest BCUT2D eigenvalue weighted by Gasteiger charge is 2.13. The van der Waals surface area contributed by atoms with Crippen LogP contribution >= 0.6 is 0 Å². The van der Waals surface area contributed by atoms with Crippen molar-refractivity contribution in [1.29, 1.82) is 0 Å². The van der Waals surface area contributed by atoms with Gasteiger partial charge in [0, 0.05) is 37.6 Å². The predicted molar refractivity (Wildman–Crippen MR) is 105 cm³/mol. The van der Waals surface area contributed by atoms with Gasteiger partial charge in [0.1, 0.15) is 5.82 Å². The Morgan fingerprint density at radius 1 is 1.26 bits per heavy atom. The number of nitrogens with two attached hydrogens (primary N) is 1. The van der Waals surface area contributed by atoms with Crippen LogP contribution in [0.1, 0.15) is 29.8 Å². The van der Waals surface area contributed by atoms with Gasteiger partial charge in [-0.3, -0.25) is 9.69 Å². The minimum absolute atomic E-state index is 0.116. The van der Waals surface area contributed by atoms with Gasteiger partial charge in [-0.2, -0.15) is 4.98 Å². The molecular formula is C19H26N6O2. The fourth-order valence-electron chi connectivity index (χ4n) is 2.85. The van der Waals surface area contributed by atoms with Gasteiger partial charge < -0.3 is 21.1 Å². The van der Waals surface area contributed by atoms with Crippen LogP contribution in [-0.2, 0) is 11.3 Å². The molecule has 27 heavy (non-hydrogen) atoms. The maximum atomic E-state index is 11.5. The van der Waals surface area contributed by atoms with E-state index in [1.165, 1.54) is 11.8 Å². The Labute approximate surface area is 159 Å². The number of benzene rings is 1. The first kappa shape index (κ1) is 19.1. The first-order chi connectivity index (χ1) is 13.0. The summed E-state index contributed by atoms with van der Waals surface area (Å²) in [4.78, 5) is 22.5. The summed E-state index contributed by atoms with van der Waals surface area (Å²) in [6.45, 7) is 8.36. The molecule has 144 valence electrons. The monoisotopic (exact) mass is 370 g/mol. The maximum Gasteiger partial charge on any atom is 0.254 e. The second-order valence-corrected chi connectivity index (χ2v) is 6.83. The molecule has 1 aromatic carbocycles. The van der Waals surface area contributed by atoms with Crippen LogP contribution in [0.3, 0.4) is 0 Å². The molecule has 0 saturated carbocycles. The molecule has 1 aromatic heterocycles. The number of hydrogen-bond donors (Lipinski definition) is 3. The van der Waals surface area contributed by atoms with E-state index in [4.69, 9.17) is 10.5 Å². The molecule has 3 rings (SSSR count). The van der Waals surface area contributed by atoms with E-state index in [1.54, 1.807) is 0 Å². The molecule has 0 unspecified atom stereocenters. The molecule has 8 nitrogen and oxygen atoms in total. The lowest BCUT2D eigenvalue weighted by Crippen LogP contribution is -2.35. The summed E-state index contributed by atoms with van der Waals surface area (Å²) in [6, 6.07) is 8.28. The Morgan fingerprint density at radius 3 is 2.59 bits per heavy atom. The van der Waals surface area contributed by atoms with Crippen LogP contribution in [0.2, 0.25) is 0 Å². The summed E-state index contributed by atoms with van der Waals surface area (Å²) < 4.78 is 5.38. The van der Waals surface area contributed by atoms with Gasteiger partial charge in [0.25, 0.3) is 5.91 Å². The van der Waals surface area contributed by atoms with Crippen LogP contribution in [0.15, 0.2) is 30.5 Å². The van der Waals surface area contributed by atoms with Crippen molar-refractivity contribution in [3.05, 3.63) is 41.6 Å². The number of aromatic nitrogens is 2. The quantitative estimate of drug-likeness (QED) is 0.684. The van der Waals surface area contributed by atoms with Crippen molar-refractivity contribution in [1.82, 2.24) is 14.9 Å². The fraction of sp³-hybridized carbons (Fsp3) is 0.421. The lowest BCUT2D eigenvalue weighted by Gasteiger charge is -2.26. The predicted octanol–water partition coefficient (Wildman–Crippen LogP) is 1.97. The Balaban J connectivity index is 1.68. The Morgan fingerprint density at radius 2 is 1.96 bits per heavy atom. The molecule has 4 N–H and O–H groups in total. The Bertz CT molecular complexity index is 772. The van der Waals surface area contributed by atoms with Gasteiger partial charge in [-0.1, -0.05) is 12.1 Å². The molecule has 0 bridgehead atoms. The van der Waals surface area contributed by atoms with Gasteiger partial charge in [0.15, 0.2) is 0 Å². The molecule has 1 aliphatic heterocycles. The third-order valence-corrected chi connectivity index (χ3v) is 4.20. The van der Waals surface area contributed by atoms with Crippen LogP contribution < -0.4 is 16.4 Å². The second-order valence-electron chi connectivity index (χ2n) is 6.83. The molecule has 2 aromatic rings. The molecule has 1 fully saturated rings. The van der Waals surface area contributed by atoms with Crippen molar-refractivity contribution in [2.24, 2.45) is 5.73 Å². The standard InChI is InChI=1S/C19H26N6O2/c1-13(2)22-18-16(17(20)26)11-21-19(24-18)23-15-5-3-14(4-6-15)12-25-7-9-27-10-8-25/h3-6,11,13H,7-10,12H2,1-2H3,(H2,20,26)(H2,21,22,23,24). The normalized spacial score (nSPS) is 14.9. The summed E-state index contributed by atoms with van der Waals surface area (Å²) in [7, 11) is 0. The first-order valence-electron chi connectivity index (χ1n) is 9.10. The van der Waals surface area contributed by atoms with Gasteiger partial charge in [-0.25, -0.2) is 4.98 Å². The van der Waals surface area contributed by atoms with Crippen LogP contribution in [-0.4, -0.2) is 53.1 Å². The number of carbonyl (C=O) groups is 1. The molecule has 0 radical (unpaired) electrons. The smallest absolute Gasteiger partial charge is 0.254 e. The number of amides is 1. The minimum Gasteiger partial charge on any atom is -0.379 e. The lowest BCUT2D eigenvalue weighted by molar-refractivity contribution is 0.0342. The zero-order valence-corrected chi connectivity index (χ0v) is 15.7. The number of rotatable bonds is 7. The van der Waals surface area contributed by atoms with E-state index >= 15 is 0 Å². The van der Waals surface area contributed by atoms with Crippen LogP contribution in [0.25, 0.3) is 0 Å². The topological polar surface area (TPSA) is 105 Å². The van der Waals surface area contributed by atoms with Crippen molar-refractivity contribution < 1.29 is 9.53 Å². The van der Waals surface area contributed by atoms with Crippen molar-refractivity contribution >= 4 is 23.4 Å². The van der Waals surface area contributed by atoms with E-state index in [2.05, 4.69) is 37.6 Å². The van der Waals surface area contributed by atoms with Crippen molar-refractivity contribution in [3.8, 4) is 0 Å². The highest BCUT2D eigenvalue weighted by molar-refractivity contribution is 5.97. The van der Waals surface area contributed by atoms with Crippen molar-refractivity contribution in [3.63, 3.8) is 0 Å². The van der Waals surface area contributed by atoms with E-state index in [-0.39, 0.29) is 11.6 Å². The van der Waals surface area contributed by atoms with Crippen LogP contribution in [0.4, 0.5) is 17.5 Å². The second kappa shape index (κ2) is 8.79. The Hall–Kier alpha value is -2.71. The van der Waals surface area contributed by atoms with Gasteiger partial charge >= 0.3 is 0 Å². The number of ether oxygens (including phenoxy) is 1. The maximum absolute atomic E-state index is 11.5. The van der Waals surface area contributed by atoms with E-state index in [1.807, 2.05) is 26.0 Å². The average molecular weight is 370 g/mol. The molecule has 1 saturated heterocycles. The summed E-state index contributed by atoms with van der Waals surface area (Å²) >= 11 is 0. The van der Waals surface area contributed by atoms with Crippen molar-refractivity contribution in [2.45, 2.75) is 26.4 Å². The van der Waals surface area contributed by atoms with Gasteiger partial charge in [0.2, 0.25) is 5.95 Å². The molecule has 2 heterocycles. The highest BCUT2D eigenvalue weighted by Crippen LogP contribution is 2.19. The molecule has 0 spiro atoms. The highest BCUT2D eigenvalue weighted by atomic mass is 16.5. The summed E-state index contributed by atoms with van der Waals surface area (Å²) in [5, 5.41) is 6.29. The molecule has 0 atom stereocenters. The van der Waals surface area contributed by atoms with E-state index < -0.39 is 5.91 Å². The Kier molecular flexibility index (Phi) is 6.20. The minimum atomic E-state index is -0.558. The first-order valence-corrected chi connectivity index (χ1v) is 9.10. The number of primary amides is 1.